The second kappa shape index (κ2) is 13.3. The van der Waals surface area contributed by atoms with Crippen molar-refractivity contribution in [2.24, 2.45) is 5.41 Å². The van der Waals surface area contributed by atoms with Crippen molar-refractivity contribution >= 4 is 22.8 Å². The van der Waals surface area contributed by atoms with Crippen LogP contribution in [-0.2, 0) is 56.0 Å². The number of esters is 1. The second-order valence-corrected chi connectivity index (χ2v) is 30.1. The van der Waals surface area contributed by atoms with E-state index in [4.69, 9.17) is 51.2 Å². The molecule has 5 aliphatic rings. The lowest BCUT2D eigenvalue weighted by Crippen LogP contribution is -2.73. The Morgan fingerprint density at radius 1 is 0.745 bits per heavy atom. The molecule has 0 aromatic heterocycles. The first-order valence-corrected chi connectivity index (χ1v) is 23.5. The fourth-order valence-corrected chi connectivity index (χ4v) is 14.0. The molecule has 51 heavy (non-hydrogen) atoms. The van der Waals surface area contributed by atoms with Gasteiger partial charge in [-0.25, -0.2) is 0 Å². The molecule has 296 valence electrons. The average Bonchev–Trinajstić information content (AvgIpc) is 3.43. The zero-order valence-electron chi connectivity index (χ0n) is 34.6. The van der Waals surface area contributed by atoms with Gasteiger partial charge in [-0.1, -0.05) is 62.3 Å². The molecular formula is C37H68O12Si2. The SMILES string of the molecule is CC1(C)O[C@H]2[C@@H](O1)[C@@H](CO[C@H]1O[C@@H]3CO[Si](C(C)(C)C)(C(C)(C)C)O[C@H]3[C@H](O[Si](C)(C)C(C)(C)C)[C@@H]1OC(=O)C(C)(C)C)O[C@@H]1OC(C)(C)O[C@@H]12. The minimum atomic E-state index is -2.99. The molecule has 0 N–H and O–H groups in total. The van der Waals surface area contributed by atoms with Gasteiger partial charge in [-0.3, -0.25) is 4.79 Å². The molecule has 5 heterocycles. The van der Waals surface area contributed by atoms with E-state index < -0.39 is 95.3 Å². The Labute approximate surface area is 308 Å². The summed E-state index contributed by atoms with van der Waals surface area (Å²) in [7, 11) is -5.48. The van der Waals surface area contributed by atoms with E-state index in [1.54, 1.807) is 0 Å². The number of fused-ring (bicyclic) bond motifs is 4. The summed E-state index contributed by atoms with van der Waals surface area (Å²) in [5.74, 6) is -2.11. The Balaban J connectivity index is 1.51. The van der Waals surface area contributed by atoms with Crippen LogP contribution in [0.25, 0.3) is 0 Å². The van der Waals surface area contributed by atoms with Crippen molar-refractivity contribution in [3.05, 3.63) is 0 Å². The van der Waals surface area contributed by atoms with Gasteiger partial charge in [0.25, 0.3) is 0 Å². The molecule has 5 aliphatic heterocycles. The molecule has 0 saturated carbocycles. The molecular weight excluding hydrogens is 693 g/mol. The van der Waals surface area contributed by atoms with Crippen molar-refractivity contribution in [1.29, 1.82) is 0 Å². The normalized spacial score (nSPS) is 38.1. The molecule has 5 fully saturated rings. The summed E-state index contributed by atoms with van der Waals surface area (Å²) >= 11 is 0. The molecule has 5 saturated heterocycles. The van der Waals surface area contributed by atoms with Gasteiger partial charge in [0, 0.05) is 10.1 Å². The van der Waals surface area contributed by atoms with Crippen LogP contribution < -0.4 is 0 Å². The van der Waals surface area contributed by atoms with Gasteiger partial charge in [0.1, 0.15) is 42.7 Å². The van der Waals surface area contributed by atoms with E-state index in [1.165, 1.54) is 0 Å². The van der Waals surface area contributed by atoms with Gasteiger partial charge < -0.3 is 51.2 Å². The third kappa shape index (κ3) is 8.09. The molecule has 0 spiro atoms. The zero-order chi connectivity index (χ0) is 38.5. The van der Waals surface area contributed by atoms with Crippen LogP contribution in [-0.4, -0.2) is 109 Å². The molecule has 12 nitrogen and oxygen atoms in total. The molecule has 0 aromatic carbocycles. The highest BCUT2D eigenvalue weighted by Crippen LogP contribution is 2.56. The standard InChI is InChI=1S/C37H68O12Si2/c1-32(2,3)31(38)43-27-26(48-50(17,18)33(4,5)6)24-22(20-40-51(49-24,34(7,8)9)35(10,11)12)41-29(27)39-19-21-23-25(45-36(13,14)44-23)28-30(42-21)47-37(15,16)46-28/h21-30H,19-20H2,1-18H3/t21-,22-,23+,24-,25+,26+,27+,28-,29+,30-/m1/s1. The van der Waals surface area contributed by atoms with Crippen LogP contribution in [0.15, 0.2) is 0 Å². The first-order chi connectivity index (χ1) is 22.9. The van der Waals surface area contributed by atoms with Crippen molar-refractivity contribution in [1.82, 2.24) is 0 Å². The summed E-state index contributed by atoms with van der Waals surface area (Å²) in [4.78, 5) is 13.8. The van der Waals surface area contributed by atoms with Crippen LogP contribution in [0.5, 0.6) is 0 Å². The van der Waals surface area contributed by atoms with Crippen LogP contribution in [0.4, 0.5) is 0 Å². The maximum Gasteiger partial charge on any atom is 0.349 e. The van der Waals surface area contributed by atoms with Gasteiger partial charge in [-0.15, -0.1) is 0 Å². The van der Waals surface area contributed by atoms with Gasteiger partial charge in [0.2, 0.25) is 0 Å². The smallest absolute Gasteiger partial charge is 0.349 e. The first kappa shape index (κ1) is 41.7. The van der Waals surface area contributed by atoms with Gasteiger partial charge in [-0.05, 0) is 66.6 Å². The number of hydrogen-bond donors (Lipinski definition) is 0. The second-order valence-electron chi connectivity index (χ2n) is 20.6. The number of carbonyl (C=O) groups is 1. The first-order valence-electron chi connectivity index (χ1n) is 18.7. The van der Waals surface area contributed by atoms with Crippen molar-refractivity contribution in [3.63, 3.8) is 0 Å². The van der Waals surface area contributed by atoms with Gasteiger partial charge in [0.05, 0.1) is 18.6 Å². The van der Waals surface area contributed by atoms with E-state index in [0.717, 1.165) is 0 Å². The maximum atomic E-state index is 13.8. The van der Waals surface area contributed by atoms with Gasteiger partial charge in [-0.2, -0.15) is 0 Å². The van der Waals surface area contributed by atoms with Crippen LogP contribution in [0.1, 0.15) is 111 Å². The lowest BCUT2D eigenvalue weighted by Gasteiger charge is -2.59. The monoisotopic (exact) mass is 760 g/mol. The Bertz CT molecular complexity index is 1260. The summed E-state index contributed by atoms with van der Waals surface area (Å²) < 4.78 is 72.8. The summed E-state index contributed by atoms with van der Waals surface area (Å²) in [5, 5.41) is -0.713. The predicted octanol–water partition coefficient (Wildman–Crippen LogP) is 6.93. The summed E-state index contributed by atoms with van der Waals surface area (Å²) in [6.07, 6.45) is -6.47. The minimum Gasteiger partial charge on any atom is -0.454 e. The summed E-state index contributed by atoms with van der Waals surface area (Å²) in [6.45, 7) is 37.3. The Kier molecular flexibility index (Phi) is 10.9. The van der Waals surface area contributed by atoms with E-state index in [-0.39, 0.29) is 27.7 Å². The molecule has 0 amide bonds. The molecule has 14 heteroatoms. The zero-order valence-corrected chi connectivity index (χ0v) is 36.6. The van der Waals surface area contributed by atoms with Gasteiger partial charge in [0.15, 0.2) is 38.6 Å². The van der Waals surface area contributed by atoms with E-state index in [9.17, 15) is 4.79 Å². The third-order valence-corrected chi connectivity index (χ3v) is 20.7. The fraction of sp³-hybridized carbons (Fsp3) is 0.973. The Morgan fingerprint density at radius 3 is 1.84 bits per heavy atom. The molecule has 5 rings (SSSR count). The molecule has 0 aromatic rings. The number of rotatable bonds is 6. The highest BCUT2D eigenvalue weighted by atomic mass is 28.4. The molecule has 10 atom stereocenters. The van der Waals surface area contributed by atoms with Crippen LogP contribution in [0.2, 0.25) is 28.2 Å². The highest BCUT2D eigenvalue weighted by molar-refractivity contribution is 6.74. The fourth-order valence-electron chi connectivity index (χ4n) is 7.72. The Morgan fingerprint density at radius 2 is 1.29 bits per heavy atom. The van der Waals surface area contributed by atoms with Crippen molar-refractivity contribution in [2.45, 2.75) is 212 Å². The summed E-state index contributed by atoms with van der Waals surface area (Å²) in [6, 6.07) is 0. The summed E-state index contributed by atoms with van der Waals surface area (Å²) in [5.41, 5.74) is -0.795. The lowest BCUT2D eigenvalue weighted by molar-refractivity contribution is -0.322. The van der Waals surface area contributed by atoms with E-state index >= 15 is 0 Å². The van der Waals surface area contributed by atoms with Crippen molar-refractivity contribution < 1.29 is 56.0 Å². The minimum absolute atomic E-state index is 0.0381. The molecule has 0 unspecified atom stereocenters. The topological polar surface area (TPSA) is 119 Å². The van der Waals surface area contributed by atoms with Crippen LogP contribution in [0.3, 0.4) is 0 Å². The van der Waals surface area contributed by atoms with Crippen molar-refractivity contribution in [3.8, 4) is 0 Å². The van der Waals surface area contributed by atoms with E-state index in [0.29, 0.717) is 6.61 Å². The average molecular weight is 761 g/mol. The predicted molar refractivity (Wildman–Crippen MR) is 195 cm³/mol. The van der Waals surface area contributed by atoms with Crippen LogP contribution in [0, 0.1) is 5.41 Å². The number of carbonyl (C=O) groups excluding carboxylic acids is 1. The molecule has 0 radical (unpaired) electrons. The van der Waals surface area contributed by atoms with E-state index in [2.05, 4.69) is 75.4 Å². The van der Waals surface area contributed by atoms with Gasteiger partial charge >= 0.3 is 14.5 Å². The number of hydrogen-bond acceptors (Lipinski definition) is 12. The van der Waals surface area contributed by atoms with E-state index in [1.807, 2.05) is 48.5 Å². The number of ether oxygens (including phenoxy) is 8. The van der Waals surface area contributed by atoms with Crippen LogP contribution >= 0.6 is 0 Å². The van der Waals surface area contributed by atoms with Crippen molar-refractivity contribution in [2.75, 3.05) is 13.2 Å². The largest absolute Gasteiger partial charge is 0.454 e. The third-order valence-electron chi connectivity index (χ3n) is 11.1. The Hall–Kier alpha value is -0.496. The quantitative estimate of drug-likeness (QED) is 0.206. The lowest BCUT2D eigenvalue weighted by atomic mass is 9.95. The highest BCUT2D eigenvalue weighted by Gasteiger charge is 2.67. The maximum absolute atomic E-state index is 13.8. The molecule has 0 aliphatic carbocycles. The molecule has 0 bridgehead atoms.